The van der Waals surface area contributed by atoms with Crippen LogP contribution in [-0.4, -0.2) is 33.5 Å². The van der Waals surface area contributed by atoms with Crippen molar-refractivity contribution < 1.29 is 14.3 Å². The quantitative estimate of drug-likeness (QED) is 0.608. The Balaban J connectivity index is 3.13. The predicted molar refractivity (Wildman–Crippen MR) is 71.2 cm³/mol. The lowest BCUT2D eigenvalue weighted by atomic mass is 9.96. The van der Waals surface area contributed by atoms with Crippen LogP contribution in [0.1, 0.15) is 17.9 Å². The number of halogens is 1. The van der Waals surface area contributed by atoms with E-state index in [9.17, 15) is 9.59 Å². The monoisotopic (exact) mass is 269 g/mol. The van der Waals surface area contributed by atoms with Gasteiger partial charge in [-0.2, -0.15) is 0 Å². The lowest BCUT2D eigenvalue weighted by molar-refractivity contribution is -0.143. The summed E-state index contributed by atoms with van der Waals surface area (Å²) < 4.78 is 4.69. The Bertz CT molecular complexity index is 446. The molecule has 4 nitrogen and oxygen atoms in total. The third kappa shape index (κ3) is 3.23. The molecule has 0 N–H and O–H groups in total. The molecule has 98 valence electrons. The summed E-state index contributed by atoms with van der Waals surface area (Å²) in [6.45, 7) is 0. The molecule has 0 fully saturated rings. The minimum absolute atomic E-state index is 0.0632. The molecule has 0 saturated heterocycles. The first-order chi connectivity index (χ1) is 8.51. The molecule has 0 aliphatic heterocycles. The maximum atomic E-state index is 11.6. The molecule has 1 atom stereocenters. The van der Waals surface area contributed by atoms with Crippen molar-refractivity contribution >= 4 is 29.5 Å². The van der Waals surface area contributed by atoms with Gasteiger partial charge in [0.05, 0.1) is 13.0 Å². The van der Waals surface area contributed by atoms with Gasteiger partial charge in [0.25, 0.3) is 0 Å². The highest BCUT2D eigenvalue weighted by Crippen LogP contribution is 2.30. The largest absolute Gasteiger partial charge is 0.469 e. The minimum atomic E-state index is -0.642. The molecule has 0 unspecified atom stereocenters. The number of benzene rings is 1. The normalized spacial score (nSPS) is 11.8. The number of hydrogen-bond donors (Lipinski definition) is 0. The van der Waals surface area contributed by atoms with Crippen molar-refractivity contribution in [3.05, 3.63) is 28.8 Å². The second-order valence-electron chi connectivity index (χ2n) is 4.08. The van der Waals surface area contributed by atoms with Crippen LogP contribution < -0.4 is 4.90 Å². The molecule has 0 spiro atoms. The summed E-state index contributed by atoms with van der Waals surface area (Å²) in [5.74, 6) is -1.10. The zero-order chi connectivity index (χ0) is 13.7. The van der Waals surface area contributed by atoms with E-state index in [1.807, 2.05) is 25.1 Å². The predicted octanol–water partition coefficient (Wildman–Crippen LogP) is 2.25. The summed E-state index contributed by atoms with van der Waals surface area (Å²) in [7, 11) is 5.09. The number of carbonyl (C=O) groups excluding carboxylic acids is 2. The van der Waals surface area contributed by atoms with Gasteiger partial charge in [0, 0.05) is 31.2 Å². The summed E-state index contributed by atoms with van der Waals surface area (Å²) in [6.07, 6.45) is 0.755. The van der Waals surface area contributed by atoms with Crippen molar-refractivity contribution in [1.82, 2.24) is 0 Å². The van der Waals surface area contributed by atoms with E-state index in [2.05, 4.69) is 4.74 Å². The van der Waals surface area contributed by atoms with Crippen molar-refractivity contribution in [2.75, 3.05) is 26.1 Å². The Morgan fingerprint density at radius 2 is 2.17 bits per heavy atom. The molecule has 1 aromatic carbocycles. The van der Waals surface area contributed by atoms with E-state index in [4.69, 9.17) is 11.6 Å². The number of ether oxygens (including phenoxy) is 1. The lowest BCUT2D eigenvalue weighted by Gasteiger charge is -2.17. The van der Waals surface area contributed by atoms with Gasteiger partial charge in [0.2, 0.25) is 0 Å². The fraction of sp³-hybridized carbons (Fsp3) is 0.385. The fourth-order valence-electron chi connectivity index (χ4n) is 1.67. The standard InChI is InChI=1S/C13H16ClNO3/c1-15(2)9-4-5-10(12(14)8-9)11(6-7-16)13(17)18-3/h4-5,7-8,11H,6H2,1-3H3/t11-/m1/s1. The van der Waals surface area contributed by atoms with Crippen LogP contribution in [0.3, 0.4) is 0 Å². The second-order valence-corrected chi connectivity index (χ2v) is 4.49. The minimum Gasteiger partial charge on any atom is -0.469 e. The van der Waals surface area contributed by atoms with E-state index in [-0.39, 0.29) is 6.42 Å². The van der Waals surface area contributed by atoms with Gasteiger partial charge in [0.1, 0.15) is 6.29 Å². The Labute approximate surface area is 111 Å². The second kappa shape index (κ2) is 6.40. The third-order valence-electron chi connectivity index (χ3n) is 2.69. The highest BCUT2D eigenvalue weighted by molar-refractivity contribution is 6.32. The van der Waals surface area contributed by atoms with Crippen LogP contribution in [0.5, 0.6) is 0 Å². The molecular formula is C13H16ClNO3. The van der Waals surface area contributed by atoms with E-state index < -0.39 is 11.9 Å². The summed E-state index contributed by atoms with van der Waals surface area (Å²) >= 11 is 6.15. The smallest absolute Gasteiger partial charge is 0.313 e. The van der Waals surface area contributed by atoms with E-state index in [1.54, 1.807) is 12.1 Å². The Morgan fingerprint density at radius 3 is 2.61 bits per heavy atom. The summed E-state index contributed by atoms with van der Waals surface area (Å²) in [4.78, 5) is 24.2. The maximum absolute atomic E-state index is 11.6. The van der Waals surface area contributed by atoms with Crippen molar-refractivity contribution in [3.8, 4) is 0 Å². The number of aldehydes is 1. The molecule has 1 aromatic rings. The molecule has 0 aromatic heterocycles. The van der Waals surface area contributed by atoms with Gasteiger partial charge in [-0.05, 0) is 17.7 Å². The number of carbonyl (C=O) groups is 2. The molecular weight excluding hydrogens is 254 g/mol. The number of methoxy groups -OCH3 is 1. The third-order valence-corrected chi connectivity index (χ3v) is 3.02. The summed E-state index contributed by atoms with van der Waals surface area (Å²) in [6, 6.07) is 5.36. The van der Waals surface area contributed by atoms with Crippen LogP contribution in [0.2, 0.25) is 5.02 Å². The molecule has 0 heterocycles. The van der Waals surface area contributed by atoms with Gasteiger partial charge in [-0.25, -0.2) is 0 Å². The van der Waals surface area contributed by atoms with E-state index >= 15 is 0 Å². The molecule has 1 rings (SSSR count). The Morgan fingerprint density at radius 1 is 1.50 bits per heavy atom. The fourth-order valence-corrected chi connectivity index (χ4v) is 1.97. The van der Waals surface area contributed by atoms with E-state index in [0.29, 0.717) is 16.9 Å². The number of esters is 1. The molecule has 0 radical (unpaired) electrons. The van der Waals surface area contributed by atoms with Crippen LogP contribution in [-0.2, 0) is 14.3 Å². The zero-order valence-corrected chi connectivity index (χ0v) is 11.4. The van der Waals surface area contributed by atoms with E-state index in [0.717, 1.165) is 5.69 Å². The van der Waals surface area contributed by atoms with Gasteiger partial charge in [0.15, 0.2) is 0 Å². The summed E-state index contributed by atoms with van der Waals surface area (Å²) in [5.41, 5.74) is 1.54. The van der Waals surface area contributed by atoms with Crippen LogP contribution in [0.25, 0.3) is 0 Å². The van der Waals surface area contributed by atoms with Crippen molar-refractivity contribution in [2.24, 2.45) is 0 Å². The highest BCUT2D eigenvalue weighted by Gasteiger charge is 2.23. The molecule has 0 aliphatic carbocycles. The lowest BCUT2D eigenvalue weighted by Crippen LogP contribution is -2.16. The number of hydrogen-bond acceptors (Lipinski definition) is 4. The van der Waals surface area contributed by atoms with Gasteiger partial charge in [-0.15, -0.1) is 0 Å². The van der Waals surface area contributed by atoms with Crippen LogP contribution >= 0.6 is 11.6 Å². The van der Waals surface area contributed by atoms with Gasteiger partial charge in [-0.1, -0.05) is 17.7 Å². The topological polar surface area (TPSA) is 46.6 Å². The van der Waals surface area contributed by atoms with Crippen molar-refractivity contribution in [2.45, 2.75) is 12.3 Å². The van der Waals surface area contributed by atoms with Gasteiger partial charge in [-0.3, -0.25) is 4.79 Å². The molecule has 18 heavy (non-hydrogen) atoms. The zero-order valence-electron chi connectivity index (χ0n) is 10.6. The first-order valence-corrected chi connectivity index (χ1v) is 5.87. The van der Waals surface area contributed by atoms with Crippen LogP contribution in [0, 0.1) is 0 Å². The highest BCUT2D eigenvalue weighted by atomic mass is 35.5. The van der Waals surface area contributed by atoms with E-state index in [1.165, 1.54) is 7.11 Å². The number of nitrogens with zero attached hydrogens (tertiary/aromatic N) is 1. The number of rotatable bonds is 5. The first-order valence-electron chi connectivity index (χ1n) is 5.49. The first kappa shape index (κ1) is 14.5. The molecule has 5 heteroatoms. The summed E-state index contributed by atoms with van der Waals surface area (Å²) in [5, 5.41) is 0.457. The molecule has 0 amide bonds. The molecule has 0 bridgehead atoms. The molecule has 0 saturated carbocycles. The van der Waals surface area contributed by atoms with Crippen molar-refractivity contribution in [1.29, 1.82) is 0 Å². The van der Waals surface area contributed by atoms with Gasteiger partial charge >= 0.3 is 5.97 Å². The van der Waals surface area contributed by atoms with Crippen LogP contribution in [0.4, 0.5) is 5.69 Å². The molecule has 0 aliphatic rings. The number of anilines is 1. The maximum Gasteiger partial charge on any atom is 0.313 e. The average Bonchev–Trinajstić information content (AvgIpc) is 2.35. The SMILES string of the molecule is COC(=O)[C@H](CC=O)c1ccc(N(C)C)cc1Cl. The van der Waals surface area contributed by atoms with Crippen molar-refractivity contribution in [3.63, 3.8) is 0 Å². The Hall–Kier alpha value is -1.55. The average molecular weight is 270 g/mol. The van der Waals surface area contributed by atoms with Crippen LogP contribution in [0.15, 0.2) is 18.2 Å². The Kier molecular flexibility index (Phi) is 5.16. The van der Waals surface area contributed by atoms with Gasteiger partial charge < -0.3 is 14.4 Å².